The molecule has 0 bridgehead atoms. The van der Waals surface area contributed by atoms with Gasteiger partial charge >= 0.3 is 12.1 Å². The minimum atomic E-state index is -4.36. The van der Waals surface area contributed by atoms with Crippen molar-refractivity contribution in [3.63, 3.8) is 0 Å². The van der Waals surface area contributed by atoms with E-state index < -0.39 is 17.7 Å². The lowest BCUT2D eigenvalue weighted by Gasteiger charge is -2.29. The summed E-state index contributed by atoms with van der Waals surface area (Å²) in [7, 11) is 0. The van der Waals surface area contributed by atoms with Crippen molar-refractivity contribution >= 4 is 5.97 Å². The van der Waals surface area contributed by atoms with E-state index in [1.165, 1.54) is 5.56 Å². The van der Waals surface area contributed by atoms with E-state index >= 15 is 0 Å². The number of alkyl halides is 3. The maximum atomic E-state index is 13.0. The lowest BCUT2D eigenvalue weighted by molar-refractivity contribution is -0.138. The van der Waals surface area contributed by atoms with Gasteiger partial charge in [-0.2, -0.15) is 13.2 Å². The van der Waals surface area contributed by atoms with Crippen molar-refractivity contribution in [3.05, 3.63) is 58.9 Å². The predicted octanol–water partition coefficient (Wildman–Crippen LogP) is 6.43. The van der Waals surface area contributed by atoms with Crippen LogP contribution in [0, 0.1) is 5.92 Å². The Morgan fingerprint density at radius 3 is 2.45 bits per heavy atom. The quantitative estimate of drug-likeness (QED) is 0.575. The number of hydrogen-bond donors (Lipinski definition) is 1. The zero-order valence-corrected chi connectivity index (χ0v) is 16.9. The number of rotatable bonds is 7. The fourth-order valence-corrected chi connectivity index (χ4v) is 4.39. The molecule has 3 nitrogen and oxygen atoms in total. The summed E-state index contributed by atoms with van der Waals surface area (Å²) >= 11 is 0. The number of halogens is 3. The molecule has 1 heterocycles. The molecule has 0 fully saturated rings. The second-order valence-electron chi connectivity index (χ2n) is 8.43. The van der Waals surface area contributed by atoms with E-state index in [0.717, 1.165) is 55.5 Å². The summed E-state index contributed by atoms with van der Waals surface area (Å²) in [5, 5.41) is 9.34. The van der Waals surface area contributed by atoms with Crippen LogP contribution in [-0.4, -0.2) is 15.6 Å². The van der Waals surface area contributed by atoms with Gasteiger partial charge in [-0.1, -0.05) is 26.0 Å². The molecule has 1 aromatic heterocycles. The van der Waals surface area contributed by atoms with E-state index in [-0.39, 0.29) is 18.4 Å². The van der Waals surface area contributed by atoms with Crippen molar-refractivity contribution in [3.8, 4) is 0 Å². The van der Waals surface area contributed by atoms with E-state index in [9.17, 15) is 23.1 Å². The largest absolute Gasteiger partial charge is 0.481 e. The molecule has 1 aliphatic rings. The highest BCUT2D eigenvalue weighted by atomic mass is 19.4. The lowest BCUT2D eigenvalue weighted by Crippen LogP contribution is -2.21. The van der Waals surface area contributed by atoms with Crippen molar-refractivity contribution in [2.24, 2.45) is 5.92 Å². The van der Waals surface area contributed by atoms with Crippen LogP contribution in [0.4, 0.5) is 13.2 Å². The first-order valence-corrected chi connectivity index (χ1v) is 10.3. The number of carboxylic acids is 1. The monoisotopic (exact) mass is 407 g/mol. The van der Waals surface area contributed by atoms with E-state index in [1.807, 2.05) is 6.20 Å². The number of aromatic nitrogens is 1. The normalized spacial score (nSPS) is 17.9. The van der Waals surface area contributed by atoms with Crippen LogP contribution in [0.3, 0.4) is 0 Å². The zero-order chi connectivity index (χ0) is 21.2. The first kappa shape index (κ1) is 21.5. The maximum Gasteiger partial charge on any atom is 0.416 e. The average Bonchev–Trinajstić information content (AvgIpc) is 3.06. The Labute approximate surface area is 169 Å². The molecule has 0 aliphatic heterocycles. The second-order valence-corrected chi connectivity index (χ2v) is 8.43. The third-order valence-corrected chi connectivity index (χ3v) is 5.83. The molecule has 1 aliphatic carbocycles. The van der Waals surface area contributed by atoms with Gasteiger partial charge in [0.15, 0.2) is 0 Å². The zero-order valence-electron chi connectivity index (χ0n) is 16.9. The minimum absolute atomic E-state index is 0.0535. The molecule has 158 valence electrons. The number of fused-ring (bicyclic) bond motifs is 1. The Morgan fingerprint density at radius 1 is 1.17 bits per heavy atom. The fourth-order valence-electron chi connectivity index (χ4n) is 4.39. The third-order valence-electron chi connectivity index (χ3n) is 5.83. The average molecular weight is 407 g/mol. The molecule has 3 rings (SSSR count). The highest BCUT2D eigenvalue weighted by Gasteiger charge is 2.32. The van der Waals surface area contributed by atoms with Crippen molar-refractivity contribution in [2.45, 2.75) is 70.5 Å². The Hall–Kier alpha value is -2.24. The van der Waals surface area contributed by atoms with Crippen LogP contribution in [0.25, 0.3) is 0 Å². The molecule has 0 saturated carbocycles. The third kappa shape index (κ3) is 5.03. The van der Waals surface area contributed by atoms with Gasteiger partial charge in [-0.25, -0.2) is 0 Å². The molecule has 29 heavy (non-hydrogen) atoms. The number of nitrogens with zero attached hydrogens (tertiary/aromatic N) is 1. The number of carbonyl (C=O) groups is 1. The van der Waals surface area contributed by atoms with Gasteiger partial charge in [-0.3, -0.25) is 4.79 Å². The van der Waals surface area contributed by atoms with Crippen molar-refractivity contribution in [1.29, 1.82) is 0 Å². The number of hydrogen-bond acceptors (Lipinski definition) is 1. The molecule has 2 aromatic rings. The van der Waals surface area contributed by atoms with Crippen LogP contribution < -0.4 is 0 Å². The van der Waals surface area contributed by atoms with E-state index in [0.29, 0.717) is 5.92 Å². The molecule has 1 aromatic carbocycles. The van der Waals surface area contributed by atoms with Gasteiger partial charge in [-0.05, 0) is 67.3 Å². The van der Waals surface area contributed by atoms with Crippen molar-refractivity contribution in [2.75, 3.05) is 0 Å². The molecular weight excluding hydrogens is 379 g/mol. The molecule has 2 unspecified atom stereocenters. The van der Waals surface area contributed by atoms with E-state index in [1.54, 1.807) is 12.1 Å². The summed E-state index contributed by atoms with van der Waals surface area (Å²) < 4.78 is 41.1. The van der Waals surface area contributed by atoms with Crippen LogP contribution in [0.5, 0.6) is 0 Å². The molecule has 0 amide bonds. The molecular formula is C23H28F3NO2. The number of aliphatic carboxylic acids is 1. The van der Waals surface area contributed by atoms with Gasteiger partial charge in [0.1, 0.15) is 0 Å². The Balaban J connectivity index is 2.00. The smallest absolute Gasteiger partial charge is 0.416 e. The molecule has 6 heteroatoms. The van der Waals surface area contributed by atoms with Crippen LogP contribution in [0.15, 0.2) is 36.5 Å². The van der Waals surface area contributed by atoms with E-state index in [2.05, 4.69) is 24.5 Å². The van der Waals surface area contributed by atoms with Crippen LogP contribution in [-0.2, 0) is 17.4 Å². The molecule has 0 spiro atoms. The minimum Gasteiger partial charge on any atom is -0.481 e. The first-order chi connectivity index (χ1) is 13.7. The Bertz CT molecular complexity index is 837. The van der Waals surface area contributed by atoms with Gasteiger partial charge in [0.25, 0.3) is 0 Å². The Morgan fingerprint density at radius 2 is 1.86 bits per heavy atom. The molecule has 0 saturated heterocycles. The van der Waals surface area contributed by atoms with Crippen molar-refractivity contribution in [1.82, 2.24) is 4.57 Å². The van der Waals surface area contributed by atoms with Gasteiger partial charge in [-0.15, -0.1) is 0 Å². The lowest BCUT2D eigenvalue weighted by atomic mass is 9.85. The van der Waals surface area contributed by atoms with Crippen LogP contribution in [0.2, 0.25) is 0 Å². The fraction of sp³-hybridized carbons (Fsp3) is 0.522. The Kier molecular flexibility index (Phi) is 6.39. The van der Waals surface area contributed by atoms with Gasteiger partial charge in [0.05, 0.1) is 18.0 Å². The molecule has 0 radical (unpaired) electrons. The number of benzene rings is 1. The summed E-state index contributed by atoms with van der Waals surface area (Å²) in [5.41, 5.74) is 2.40. The van der Waals surface area contributed by atoms with Gasteiger partial charge in [0.2, 0.25) is 0 Å². The topological polar surface area (TPSA) is 42.2 Å². The first-order valence-electron chi connectivity index (χ1n) is 10.3. The van der Waals surface area contributed by atoms with Crippen molar-refractivity contribution < 1.29 is 23.1 Å². The summed E-state index contributed by atoms with van der Waals surface area (Å²) in [5.74, 6) is -0.403. The summed E-state index contributed by atoms with van der Waals surface area (Å²) in [6.45, 7) is 4.25. The predicted molar refractivity (Wildman–Crippen MR) is 106 cm³/mol. The van der Waals surface area contributed by atoms with Crippen LogP contribution in [0.1, 0.15) is 80.3 Å². The van der Waals surface area contributed by atoms with Gasteiger partial charge < -0.3 is 9.67 Å². The highest BCUT2D eigenvalue weighted by molar-refractivity contribution is 5.68. The standard InChI is InChI=1S/C23H28F3NO2/c1-15(2)6-11-20(16-7-9-19(10-8-16)23(24,25)26)27-13-12-17-4-3-5-18(22(17)27)14-21(28)29/h7-10,12-13,15,18,20H,3-6,11,14H2,1-2H3,(H,28,29). The second kappa shape index (κ2) is 8.64. The van der Waals surface area contributed by atoms with Crippen LogP contribution >= 0.6 is 0 Å². The highest BCUT2D eigenvalue weighted by Crippen LogP contribution is 2.39. The summed E-state index contributed by atoms with van der Waals surface area (Å²) in [6, 6.07) is 7.36. The molecule has 2 atom stereocenters. The summed E-state index contributed by atoms with van der Waals surface area (Å²) in [6.07, 6.45) is 2.16. The number of aryl methyl sites for hydroxylation is 1. The van der Waals surface area contributed by atoms with E-state index in [4.69, 9.17) is 0 Å². The van der Waals surface area contributed by atoms with Gasteiger partial charge in [0, 0.05) is 17.8 Å². The molecule has 1 N–H and O–H groups in total. The SMILES string of the molecule is CC(C)CCC(c1ccc(C(F)(F)F)cc1)n1ccc2c1C(CC(=O)O)CCC2. The number of carboxylic acid groups (broad SMARTS) is 1. The maximum absolute atomic E-state index is 13.0. The summed E-state index contributed by atoms with van der Waals surface area (Å²) in [4.78, 5) is 11.4.